The molecule has 0 spiro atoms. The van der Waals surface area contributed by atoms with Gasteiger partial charge in [-0.15, -0.1) is 0 Å². The lowest BCUT2D eigenvalue weighted by Crippen LogP contribution is -2.55. The minimum Gasteiger partial charge on any atom is -0.0723 e. The Hall–Kier alpha value is 2.28. The Morgan fingerprint density at radius 3 is 1.08 bits per heavy atom. The van der Waals surface area contributed by atoms with E-state index in [1.165, 1.54) is 0 Å². The van der Waals surface area contributed by atoms with E-state index in [-0.39, 0.29) is 0 Å². The molecular formula is C16H10Br8. The molecular weight excluding hydrogens is 831 g/mol. The molecule has 0 fully saturated rings. The average Bonchev–Trinajstić information content (AvgIpc) is 2.54. The second kappa shape index (κ2) is 8.34. The van der Waals surface area contributed by atoms with Gasteiger partial charge in [-0.25, -0.2) is 0 Å². The van der Waals surface area contributed by atoms with Gasteiger partial charge in [0.25, 0.3) is 0 Å². The number of halogens is 8. The van der Waals surface area contributed by atoms with Gasteiger partial charge in [0.05, 0.1) is 0 Å². The van der Waals surface area contributed by atoms with E-state index >= 15 is 0 Å². The lowest BCUT2D eigenvalue weighted by molar-refractivity contribution is 0.645. The van der Waals surface area contributed by atoms with Crippen LogP contribution in [-0.2, 0) is 4.32 Å². The van der Waals surface area contributed by atoms with Crippen molar-refractivity contribution in [3.63, 3.8) is 0 Å². The molecule has 0 aromatic heterocycles. The normalized spacial score (nSPS) is 13.8. The molecule has 0 aliphatic rings. The number of rotatable bonds is 4. The highest BCUT2D eigenvalue weighted by Gasteiger charge is 2.66. The fourth-order valence-corrected chi connectivity index (χ4v) is 8.21. The number of alkyl halides is 8. The number of hydrogen-bond donors (Lipinski definition) is 0. The Labute approximate surface area is 209 Å². The molecule has 0 atom stereocenters. The van der Waals surface area contributed by atoms with Gasteiger partial charge in [0.1, 0.15) is 10.8 Å². The third-order valence-corrected chi connectivity index (χ3v) is 18.0. The highest BCUT2D eigenvalue weighted by Crippen LogP contribution is 2.70. The van der Waals surface area contributed by atoms with Crippen molar-refractivity contribution < 1.29 is 0 Å². The quantitative estimate of drug-likeness (QED) is 0.270. The first-order chi connectivity index (χ1) is 11.0. The van der Waals surface area contributed by atoms with Gasteiger partial charge in [0.2, 0.25) is 0 Å². The second-order valence-corrected chi connectivity index (χ2v) is 19.9. The van der Waals surface area contributed by atoms with Crippen molar-refractivity contribution in [2.75, 3.05) is 0 Å². The van der Waals surface area contributed by atoms with Gasteiger partial charge < -0.3 is 0 Å². The monoisotopic (exact) mass is 833 g/mol. The van der Waals surface area contributed by atoms with Gasteiger partial charge in [-0.1, -0.05) is 188 Å². The highest BCUT2D eigenvalue weighted by atomic mass is 80.0. The van der Waals surface area contributed by atoms with E-state index < -0.39 is 12.9 Å². The maximum absolute atomic E-state index is 4.04. The van der Waals surface area contributed by atoms with Crippen molar-refractivity contribution in [3.05, 3.63) is 71.8 Å². The van der Waals surface area contributed by atoms with Gasteiger partial charge >= 0.3 is 0 Å². The van der Waals surface area contributed by atoms with E-state index in [4.69, 9.17) is 0 Å². The smallest absolute Gasteiger partial charge is 0.0723 e. The summed E-state index contributed by atoms with van der Waals surface area (Å²) in [6.07, 6.45) is 0. The summed E-state index contributed by atoms with van der Waals surface area (Å²) < 4.78 is -2.71. The van der Waals surface area contributed by atoms with Crippen LogP contribution in [0.1, 0.15) is 11.1 Å². The van der Waals surface area contributed by atoms with E-state index in [0.717, 1.165) is 11.1 Å². The molecule has 0 saturated carbocycles. The lowest BCUT2D eigenvalue weighted by Gasteiger charge is -2.50. The van der Waals surface area contributed by atoms with Crippen LogP contribution in [0.15, 0.2) is 60.7 Å². The summed E-state index contributed by atoms with van der Waals surface area (Å²) in [4.78, 5) is 0. The van der Waals surface area contributed by atoms with Crippen LogP contribution in [0.2, 0.25) is 0 Å². The molecule has 2 rings (SSSR count). The Bertz CT molecular complexity index is 637. The summed E-state index contributed by atoms with van der Waals surface area (Å²) in [6.45, 7) is 0. The van der Waals surface area contributed by atoms with Crippen molar-refractivity contribution >= 4 is 127 Å². The Morgan fingerprint density at radius 2 is 0.792 bits per heavy atom. The van der Waals surface area contributed by atoms with E-state index in [1.807, 2.05) is 36.4 Å². The molecule has 2 aromatic rings. The van der Waals surface area contributed by atoms with Crippen LogP contribution in [0.3, 0.4) is 0 Å². The molecule has 24 heavy (non-hydrogen) atoms. The number of hydrogen-bond acceptors (Lipinski definition) is 0. The van der Waals surface area contributed by atoms with Crippen LogP contribution >= 0.6 is 127 Å². The van der Waals surface area contributed by atoms with Crippen molar-refractivity contribution in [1.82, 2.24) is 0 Å². The van der Waals surface area contributed by atoms with Crippen molar-refractivity contribution in [2.24, 2.45) is 0 Å². The molecule has 0 aliphatic carbocycles. The van der Waals surface area contributed by atoms with Gasteiger partial charge in [-0.3, -0.25) is 0 Å². The molecule has 0 nitrogen and oxygen atoms in total. The van der Waals surface area contributed by atoms with E-state index in [0.29, 0.717) is 0 Å². The molecule has 0 amide bonds. The summed E-state index contributed by atoms with van der Waals surface area (Å²) in [5.74, 6) is 0. The summed E-state index contributed by atoms with van der Waals surface area (Å²) in [5, 5.41) is 0. The highest BCUT2D eigenvalue weighted by molar-refractivity contribution is 9.42. The first kappa shape index (κ1) is 22.6. The van der Waals surface area contributed by atoms with Gasteiger partial charge in [-0.05, 0) is 11.1 Å². The zero-order valence-electron chi connectivity index (χ0n) is 11.8. The van der Waals surface area contributed by atoms with Crippen molar-refractivity contribution in [2.45, 2.75) is 12.9 Å². The summed E-state index contributed by atoms with van der Waals surface area (Å²) in [6, 6.07) is 20.5. The predicted molar refractivity (Wildman–Crippen MR) is 133 cm³/mol. The predicted octanol–water partition coefficient (Wildman–Crippen LogP) is 9.14. The molecule has 8 heteroatoms. The third kappa shape index (κ3) is 4.01. The van der Waals surface area contributed by atoms with Gasteiger partial charge in [-0.2, -0.15) is 0 Å². The molecule has 0 aliphatic heterocycles. The topological polar surface area (TPSA) is 0 Å². The molecule has 0 bridgehead atoms. The van der Waals surface area contributed by atoms with E-state index in [2.05, 4.69) is 152 Å². The summed E-state index contributed by atoms with van der Waals surface area (Å²) in [5.41, 5.74) is 2.18. The molecule has 0 unspecified atom stereocenters. The van der Waals surface area contributed by atoms with Crippen LogP contribution in [0, 0.1) is 0 Å². The fourth-order valence-electron chi connectivity index (χ4n) is 2.26. The Morgan fingerprint density at radius 1 is 0.458 bits per heavy atom. The average molecular weight is 841 g/mol. The molecule has 0 saturated heterocycles. The fraction of sp³-hybridized carbons (Fsp3) is 0.250. The van der Waals surface area contributed by atoms with Crippen LogP contribution in [0.5, 0.6) is 0 Å². The van der Waals surface area contributed by atoms with Crippen LogP contribution < -0.4 is 0 Å². The Kier molecular flexibility index (Phi) is 7.84. The third-order valence-electron chi connectivity index (χ3n) is 3.53. The zero-order valence-corrected chi connectivity index (χ0v) is 24.5. The van der Waals surface area contributed by atoms with Gasteiger partial charge in [0.15, 0.2) is 2.14 Å². The van der Waals surface area contributed by atoms with E-state index in [9.17, 15) is 0 Å². The van der Waals surface area contributed by atoms with Crippen LogP contribution in [0.25, 0.3) is 0 Å². The zero-order chi connectivity index (χ0) is 18.2. The van der Waals surface area contributed by atoms with Crippen molar-refractivity contribution in [1.29, 1.82) is 0 Å². The largest absolute Gasteiger partial charge is 0.162 e. The van der Waals surface area contributed by atoms with Crippen molar-refractivity contribution in [3.8, 4) is 0 Å². The second-order valence-electron chi connectivity index (χ2n) is 5.04. The number of benzene rings is 2. The summed E-state index contributed by atoms with van der Waals surface area (Å²) in [7, 11) is 0. The summed E-state index contributed by atoms with van der Waals surface area (Å²) >= 11 is 30.4. The van der Waals surface area contributed by atoms with Crippen LogP contribution in [-0.4, -0.2) is 8.61 Å². The van der Waals surface area contributed by atoms with Gasteiger partial charge in [0, 0.05) is 0 Å². The maximum atomic E-state index is 4.04. The minimum atomic E-state index is -0.723. The van der Waals surface area contributed by atoms with E-state index in [1.54, 1.807) is 0 Å². The first-order valence-corrected chi connectivity index (χ1v) is 12.9. The minimum absolute atomic E-state index is 0.615. The standard InChI is InChI=1S/C16H10Br8/c17-13(11-7-3-1-4-8-11,12-9-5-2-6-10-12)14(18,19)15(20,21)16(22,23)24/h1-10H. The first-order valence-electron chi connectivity index (χ1n) is 6.58. The molecule has 0 N–H and O–H groups in total. The molecule has 0 heterocycles. The Balaban J connectivity index is 2.77. The SMILES string of the molecule is BrC(Br)(Br)C(Br)(Br)C(Br)(Br)C(Br)(c1ccccc1)c1ccccc1. The van der Waals surface area contributed by atoms with Crippen LogP contribution in [0.4, 0.5) is 0 Å². The molecule has 2 aromatic carbocycles. The maximum Gasteiger partial charge on any atom is 0.162 e. The molecule has 0 radical (unpaired) electrons. The lowest BCUT2D eigenvalue weighted by atomic mass is 9.87. The molecule has 130 valence electrons.